The van der Waals surface area contributed by atoms with Crippen molar-refractivity contribution in [3.8, 4) is 33.8 Å². The number of hydrogen-bond acceptors (Lipinski definition) is 3. The van der Waals surface area contributed by atoms with Crippen molar-refractivity contribution in [2.75, 3.05) is 4.90 Å². The van der Waals surface area contributed by atoms with Crippen LogP contribution >= 0.6 is 0 Å². The molecular formula is C67H45NO2Si. The Balaban J connectivity index is 1.03. The Bertz CT molecular complexity index is 3870. The average molecular weight is 924 g/mol. The molecule has 0 saturated heterocycles. The van der Waals surface area contributed by atoms with E-state index in [1.165, 1.54) is 43.0 Å². The van der Waals surface area contributed by atoms with Crippen molar-refractivity contribution in [3.63, 3.8) is 0 Å². The molecule has 2 aliphatic rings. The van der Waals surface area contributed by atoms with Crippen LogP contribution in [0.5, 0.6) is 11.5 Å². The van der Waals surface area contributed by atoms with Crippen LogP contribution in [0.1, 0.15) is 22.3 Å². The van der Waals surface area contributed by atoms with Gasteiger partial charge in [0.25, 0.3) is 0 Å². The van der Waals surface area contributed by atoms with Crippen LogP contribution < -0.4 is 30.4 Å². The second kappa shape index (κ2) is 16.3. The molecule has 3 heterocycles. The zero-order chi connectivity index (χ0) is 46.9. The van der Waals surface area contributed by atoms with Crippen molar-refractivity contribution in [2.45, 2.75) is 5.41 Å². The molecule has 0 fully saturated rings. The largest absolute Gasteiger partial charge is 0.456 e. The van der Waals surface area contributed by atoms with Gasteiger partial charge in [-0.2, -0.15) is 0 Å². The molecule has 1 spiro atoms. The first-order chi connectivity index (χ1) is 35.2. The Morgan fingerprint density at radius 3 is 1.45 bits per heavy atom. The number of nitrogens with zero attached hydrogens (tertiary/aromatic N) is 1. The number of anilines is 3. The van der Waals surface area contributed by atoms with Gasteiger partial charge in [-0.1, -0.05) is 231 Å². The Morgan fingerprint density at radius 2 is 0.803 bits per heavy atom. The molecule has 334 valence electrons. The van der Waals surface area contributed by atoms with E-state index in [4.69, 9.17) is 9.15 Å². The van der Waals surface area contributed by atoms with Gasteiger partial charge in [0.05, 0.1) is 22.2 Å². The first-order valence-corrected chi connectivity index (χ1v) is 26.4. The fourth-order valence-corrected chi connectivity index (χ4v) is 17.5. The highest BCUT2D eigenvalue weighted by Gasteiger charge is 2.57. The van der Waals surface area contributed by atoms with Crippen LogP contribution in [0.15, 0.2) is 277 Å². The summed E-state index contributed by atoms with van der Waals surface area (Å²) in [6.07, 6.45) is 0. The summed E-state index contributed by atoms with van der Waals surface area (Å²) in [4.78, 5) is 2.39. The third-order valence-corrected chi connectivity index (χ3v) is 20.0. The lowest BCUT2D eigenvalue weighted by molar-refractivity contribution is 0.436. The van der Waals surface area contributed by atoms with E-state index in [1.807, 2.05) is 6.07 Å². The summed E-state index contributed by atoms with van der Waals surface area (Å²) in [6.45, 7) is 0. The molecule has 2 aliphatic heterocycles. The SMILES string of the molecule is c1ccc(-c2ccc(-c3ccc(N(c4cccc5c4Oc4ccccc4C54c5ccccc5[Si](c5ccccc5)(c5ccccc5)c5ccccc54)c4cccc5oc6ccccc6c45)cc3)cc2)cc1. The first kappa shape index (κ1) is 41.0. The van der Waals surface area contributed by atoms with Gasteiger partial charge in [0.2, 0.25) is 0 Å². The number of hydrogen-bond donors (Lipinski definition) is 0. The Morgan fingerprint density at radius 1 is 0.338 bits per heavy atom. The molecule has 0 aliphatic carbocycles. The number of benzene rings is 11. The van der Waals surface area contributed by atoms with Gasteiger partial charge in [0.15, 0.2) is 13.8 Å². The third kappa shape index (κ3) is 6.08. The zero-order valence-corrected chi connectivity index (χ0v) is 39.7. The second-order valence-electron chi connectivity index (χ2n) is 18.6. The van der Waals surface area contributed by atoms with Crippen molar-refractivity contribution in [2.24, 2.45) is 0 Å². The summed E-state index contributed by atoms with van der Waals surface area (Å²) in [5.74, 6) is 1.65. The van der Waals surface area contributed by atoms with Gasteiger partial charge in [0, 0.05) is 22.2 Å². The highest BCUT2D eigenvalue weighted by atomic mass is 28.3. The van der Waals surface area contributed by atoms with Gasteiger partial charge < -0.3 is 14.1 Å². The van der Waals surface area contributed by atoms with Crippen LogP contribution in [0.2, 0.25) is 0 Å². The van der Waals surface area contributed by atoms with Crippen molar-refractivity contribution in [1.82, 2.24) is 0 Å². The molecular weight excluding hydrogens is 879 g/mol. The van der Waals surface area contributed by atoms with E-state index in [1.54, 1.807) is 0 Å². The molecule has 12 aromatic rings. The number of fused-ring (bicyclic) bond motifs is 11. The molecule has 11 aromatic carbocycles. The van der Waals surface area contributed by atoms with Crippen molar-refractivity contribution in [3.05, 3.63) is 295 Å². The third-order valence-electron chi connectivity index (χ3n) is 15.1. The summed E-state index contributed by atoms with van der Waals surface area (Å²) in [5.41, 5.74) is 13.4. The van der Waals surface area contributed by atoms with E-state index in [0.29, 0.717) is 0 Å². The van der Waals surface area contributed by atoms with Gasteiger partial charge in [0.1, 0.15) is 16.9 Å². The van der Waals surface area contributed by atoms with E-state index < -0.39 is 13.5 Å². The first-order valence-electron chi connectivity index (χ1n) is 24.4. The molecule has 0 saturated carbocycles. The monoisotopic (exact) mass is 923 g/mol. The van der Waals surface area contributed by atoms with Gasteiger partial charge in [-0.3, -0.25) is 0 Å². The molecule has 71 heavy (non-hydrogen) atoms. The number of rotatable bonds is 7. The number of ether oxygens (including phenoxy) is 1. The van der Waals surface area contributed by atoms with E-state index >= 15 is 0 Å². The van der Waals surface area contributed by atoms with E-state index in [-0.39, 0.29) is 0 Å². The predicted molar refractivity (Wildman–Crippen MR) is 295 cm³/mol. The highest BCUT2D eigenvalue weighted by Crippen LogP contribution is 2.59. The topological polar surface area (TPSA) is 25.6 Å². The molecule has 0 amide bonds. The van der Waals surface area contributed by atoms with Crippen molar-refractivity contribution >= 4 is 67.8 Å². The van der Waals surface area contributed by atoms with E-state index in [2.05, 4.69) is 272 Å². The maximum Gasteiger partial charge on any atom is 0.180 e. The van der Waals surface area contributed by atoms with Gasteiger partial charge in [-0.25, -0.2) is 0 Å². The smallest absolute Gasteiger partial charge is 0.180 e. The molecule has 0 unspecified atom stereocenters. The molecule has 0 radical (unpaired) electrons. The maximum absolute atomic E-state index is 7.48. The molecule has 4 heteroatoms. The minimum Gasteiger partial charge on any atom is -0.456 e. The van der Waals surface area contributed by atoms with E-state index in [9.17, 15) is 0 Å². The Hall–Kier alpha value is -8.96. The van der Waals surface area contributed by atoms with Crippen LogP contribution in [-0.4, -0.2) is 8.07 Å². The van der Waals surface area contributed by atoms with Crippen molar-refractivity contribution in [1.29, 1.82) is 0 Å². The van der Waals surface area contributed by atoms with Crippen LogP contribution in [0, 0.1) is 0 Å². The average Bonchev–Trinajstić information content (AvgIpc) is 3.84. The summed E-state index contributed by atoms with van der Waals surface area (Å²) in [6, 6.07) is 99.8. The quantitative estimate of drug-likeness (QED) is 0.149. The fraction of sp³-hybridized carbons (Fsp3) is 0.0149. The summed E-state index contributed by atoms with van der Waals surface area (Å²) in [5, 5.41) is 7.58. The van der Waals surface area contributed by atoms with Crippen LogP contribution in [0.3, 0.4) is 0 Å². The lowest BCUT2D eigenvalue weighted by atomic mass is 9.63. The molecule has 3 nitrogen and oxygen atoms in total. The Kier molecular flexibility index (Phi) is 9.45. The van der Waals surface area contributed by atoms with Gasteiger partial charge >= 0.3 is 0 Å². The van der Waals surface area contributed by atoms with Gasteiger partial charge in [-0.15, -0.1) is 0 Å². The normalized spacial score (nSPS) is 13.7. The second-order valence-corrected chi connectivity index (χ2v) is 22.4. The van der Waals surface area contributed by atoms with Crippen LogP contribution in [-0.2, 0) is 5.41 Å². The van der Waals surface area contributed by atoms with E-state index in [0.717, 1.165) is 72.8 Å². The lowest BCUT2D eigenvalue weighted by Gasteiger charge is -2.51. The number of para-hydroxylation sites is 3. The standard InChI is InChI=1S/C67H45NO2Si/c1-4-20-46(21-5-1)47-38-40-48(41-39-47)49-42-44-50(45-43-49)68(58-31-19-35-62-65(58)53-26-10-14-33-60(53)69-62)59-32-18-30-57-66(59)70-61-34-15-11-27-54(61)67(57)55-28-12-16-36-63(55)71(51-22-6-2-7-23-51,52-24-8-3-9-25-52)64-37-17-13-29-56(64)67/h1-45H. The fourth-order valence-electron chi connectivity index (χ4n) is 12.2. The summed E-state index contributed by atoms with van der Waals surface area (Å²) >= 11 is 0. The van der Waals surface area contributed by atoms with Crippen LogP contribution in [0.4, 0.5) is 17.1 Å². The van der Waals surface area contributed by atoms with Gasteiger partial charge in [-0.05, 0) is 96.6 Å². The highest BCUT2D eigenvalue weighted by molar-refractivity contribution is 7.20. The lowest BCUT2D eigenvalue weighted by Crippen LogP contribution is -2.79. The molecule has 0 N–H and O–H groups in total. The maximum atomic E-state index is 7.48. The summed E-state index contributed by atoms with van der Waals surface area (Å²) < 4.78 is 14.1. The van der Waals surface area contributed by atoms with Crippen LogP contribution in [0.25, 0.3) is 44.2 Å². The summed E-state index contributed by atoms with van der Waals surface area (Å²) in [7, 11) is -2.93. The molecule has 1 aromatic heterocycles. The zero-order valence-electron chi connectivity index (χ0n) is 38.7. The molecule has 14 rings (SSSR count). The number of furan rings is 1. The minimum atomic E-state index is -2.93. The minimum absolute atomic E-state index is 0.747. The molecule has 0 bridgehead atoms. The Labute approximate surface area is 414 Å². The predicted octanol–water partition coefficient (Wildman–Crippen LogP) is 14.6. The van der Waals surface area contributed by atoms with Crippen molar-refractivity contribution < 1.29 is 9.15 Å². The molecule has 0 atom stereocenters.